The van der Waals surface area contributed by atoms with Crippen LogP contribution in [0, 0.1) is 0 Å². The van der Waals surface area contributed by atoms with Crippen LogP contribution in [0.3, 0.4) is 0 Å². The third-order valence-corrected chi connectivity index (χ3v) is 4.41. The summed E-state index contributed by atoms with van der Waals surface area (Å²) < 4.78 is 38.7. The lowest BCUT2D eigenvalue weighted by molar-refractivity contribution is -0.137. The third kappa shape index (κ3) is 3.83. The maximum Gasteiger partial charge on any atom is 0.416 e. The van der Waals surface area contributed by atoms with Crippen molar-refractivity contribution in [3.8, 4) is 0 Å². The average Bonchev–Trinajstić information content (AvgIpc) is 2.61. The first-order chi connectivity index (χ1) is 9.75. The van der Waals surface area contributed by atoms with Gasteiger partial charge in [0, 0.05) is 18.6 Å². The molecule has 2 nitrogen and oxygen atoms in total. The highest BCUT2D eigenvalue weighted by Crippen LogP contribution is 2.36. The van der Waals surface area contributed by atoms with E-state index in [9.17, 15) is 13.2 Å². The highest BCUT2D eigenvalue weighted by molar-refractivity contribution is 6.33. The van der Waals surface area contributed by atoms with E-state index in [-0.39, 0.29) is 5.54 Å². The van der Waals surface area contributed by atoms with Gasteiger partial charge in [-0.15, -0.1) is 0 Å². The summed E-state index contributed by atoms with van der Waals surface area (Å²) in [6, 6.07) is 3.52. The molecule has 0 spiro atoms. The van der Waals surface area contributed by atoms with Crippen molar-refractivity contribution >= 4 is 17.3 Å². The molecule has 0 aliphatic carbocycles. The van der Waals surface area contributed by atoms with Crippen LogP contribution in [0.5, 0.6) is 0 Å². The zero-order chi connectivity index (χ0) is 15.7. The summed E-state index contributed by atoms with van der Waals surface area (Å²) in [7, 11) is 0. The first-order valence-corrected chi connectivity index (χ1v) is 7.50. The number of halogens is 4. The quantitative estimate of drug-likeness (QED) is 0.872. The van der Waals surface area contributed by atoms with Gasteiger partial charge in [0.25, 0.3) is 0 Å². The Kier molecular flexibility index (Phi) is 4.73. The Balaban J connectivity index is 2.35. The van der Waals surface area contributed by atoms with Crippen molar-refractivity contribution in [3.05, 3.63) is 28.8 Å². The molecule has 21 heavy (non-hydrogen) atoms. The fourth-order valence-electron chi connectivity index (χ4n) is 2.59. The molecule has 1 fully saturated rings. The van der Waals surface area contributed by atoms with Gasteiger partial charge in [0.1, 0.15) is 0 Å². The molecule has 0 saturated carbocycles. The van der Waals surface area contributed by atoms with Crippen molar-refractivity contribution in [3.63, 3.8) is 0 Å². The van der Waals surface area contributed by atoms with E-state index in [2.05, 4.69) is 19.2 Å². The molecular weight excluding hydrogens is 301 g/mol. The predicted molar refractivity (Wildman–Crippen MR) is 80.0 cm³/mol. The molecule has 1 aliphatic heterocycles. The van der Waals surface area contributed by atoms with Crippen molar-refractivity contribution < 1.29 is 13.2 Å². The van der Waals surface area contributed by atoms with Gasteiger partial charge in [-0.1, -0.05) is 18.5 Å². The number of hydrogen-bond donors (Lipinski definition) is 1. The lowest BCUT2D eigenvalue weighted by Gasteiger charge is -2.34. The number of nitrogens with zero attached hydrogens (tertiary/aromatic N) is 1. The standard InChI is InChI=1S/C15H20ClF3N2/c1-3-14(2)10-21(8-4-7-20-14)13-9-11(15(17,18)19)5-6-12(13)16/h5-6,9,20H,3-4,7-8,10H2,1-2H3. The second-order valence-corrected chi connectivity index (χ2v) is 6.19. The van der Waals surface area contributed by atoms with Crippen molar-refractivity contribution in [1.29, 1.82) is 0 Å². The van der Waals surface area contributed by atoms with Gasteiger partial charge in [-0.3, -0.25) is 0 Å². The number of benzene rings is 1. The summed E-state index contributed by atoms with van der Waals surface area (Å²) in [5.41, 5.74) is -0.305. The molecule has 0 aromatic heterocycles. The van der Waals surface area contributed by atoms with Crippen molar-refractivity contribution in [2.75, 3.05) is 24.5 Å². The molecule has 6 heteroatoms. The fourth-order valence-corrected chi connectivity index (χ4v) is 2.83. The van der Waals surface area contributed by atoms with Crippen LogP contribution in [0.4, 0.5) is 18.9 Å². The summed E-state index contributed by atoms with van der Waals surface area (Å²) in [5.74, 6) is 0. The molecule has 0 radical (unpaired) electrons. The molecule has 1 unspecified atom stereocenters. The lowest BCUT2D eigenvalue weighted by atomic mass is 9.98. The smallest absolute Gasteiger partial charge is 0.368 e. The Labute approximate surface area is 128 Å². The molecule has 118 valence electrons. The van der Waals surface area contributed by atoms with Crippen molar-refractivity contribution in [2.24, 2.45) is 0 Å². The summed E-state index contributed by atoms with van der Waals surface area (Å²) in [5, 5.41) is 3.83. The minimum absolute atomic E-state index is 0.117. The van der Waals surface area contributed by atoms with Crippen LogP contribution in [-0.2, 0) is 6.18 Å². The van der Waals surface area contributed by atoms with Gasteiger partial charge in [0.05, 0.1) is 16.3 Å². The minimum Gasteiger partial charge on any atom is -0.368 e. The van der Waals surface area contributed by atoms with E-state index in [0.29, 0.717) is 23.8 Å². The molecule has 1 N–H and O–H groups in total. The molecule has 1 aromatic carbocycles. The lowest BCUT2D eigenvalue weighted by Crippen LogP contribution is -2.48. The fraction of sp³-hybridized carbons (Fsp3) is 0.600. The SMILES string of the molecule is CCC1(C)CN(c2cc(C(F)(F)F)ccc2Cl)CCCN1. The maximum absolute atomic E-state index is 12.9. The molecular formula is C15H20ClF3N2. The Morgan fingerprint density at radius 3 is 2.71 bits per heavy atom. The van der Waals surface area contributed by atoms with Gasteiger partial charge < -0.3 is 10.2 Å². The van der Waals surface area contributed by atoms with Gasteiger partial charge in [-0.2, -0.15) is 13.2 Å². The van der Waals surface area contributed by atoms with E-state index in [1.807, 2.05) is 4.90 Å². The summed E-state index contributed by atoms with van der Waals surface area (Å²) in [6.45, 7) is 6.36. The van der Waals surface area contributed by atoms with Gasteiger partial charge in [-0.25, -0.2) is 0 Å². The van der Waals surface area contributed by atoms with E-state index in [4.69, 9.17) is 11.6 Å². The first kappa shape index (κ1) is 16.4. The normalized spacial score (nSPS) is 24.0. The van der Waals surface area contributed by atoms with Crippen LogP contribution in [0.25, 0.3) is 0 Å². The van der Waals surface area contributed by atoms with E-state index in [0.717, 1.165) is 31.5 Å². The van der Waals surface area contributed by atoms with E-state index >= 15 is 0 Å². The average molecular weight is 321 g/mol. The van der Waals surface area contributed by atoms with E-state index < -0.39 is 11.7 Å². The molecule has 1 heterocycles. The summed E-state index contributed by atoms with van der Waals surface area (Å²) in [6.07, 6.45) is -2.57. The molecule has 1 aliphatic rings. The van der Waals surface area contributed by atoms with E-state index in [1.54, 1.807) is 0 Å². The Morgan fingerprint density at radius 2 is 2.10 bits per heavy atom. The highest BCUT2D eigenvalue weighted by atomic mass is 35.5. The van der Waals surface area contributed by atoms with Crippen molar-refractivity contribution in [1.82, 2.24) is 5.32 Å². The zero-order valence-corrected chi connectivity index (χ0v) is 13.0. The molecule has 2 rings (SSSR count). The number of hydrogen-bond acceptors (Lipinski definition) is 2. The predicted octanol–water partition coefficient (Wildman–Crippen LogP) is 4.33. The Hall–Kier alpha value is -0.940. The topological polar surface area (TPSA) is 15.3 Å². The molecule has 0 bridgehead atoms. The minimum atomic E-state index is -4.35. The van der Waals surface area contributed by atoms with E-state index in [1.165, 1.54) is 6.07 Å². The van der Waals surface area contributed by atoms with Crippen LogP contribution < -0.4 is 10.2 Å². The van der Waals surface area contributed by atoms with Gasteiger partial charge in [0.15, 0.2) is 0 Å². The van der Waals surface area contributed by atoms with Gasteiger partial charge in [0.2, 0.25) is 0 Å². The monoisotopic (exact) mass is 320 g/mol. The number of anilines is 1. The molecule has 1 atom stereocenters. The second kappa shape index (κ2) is 6.05. The number of nitrogens with one attached hydrogen (secondary N) is 1. The van der Waals surface area contributed by atoms with Gasteiger partial charge in [-0.05, 0) is 44.5 Å². The maximum atomic E-state index is 12.9. The Morgan fingerprint density at radius 1 is 1.38 bits per heavy atom. The molecule has 1 aromatic rings. The summed E-state index contributed by atoms with van der Waals surface area (Å²) >= 11 is 6.14. The molecule has 0 amide bonds. The second-order valence-electron chi connectivity index (χ2n) is 5.78. The summed E-state index contributed by atoms with van der Waals surface area (Å²) in [4.78, 5) is 1.96. The number of alkyl halides is 3. The third-order valence-electron chi connectivity index (χ3n) is 4.09. The first-order valence-electron chi connectivity index (χ1n) is 7.12. The number of rotatable bonds is 2. The Bertz CT molecular complexity index is 504. The van der Waals surface area contributed by atoms with Crippen LogP contribution in [0.2, 0.25) is 5.02 Å². The van der Waals surface area contributed by atoms with Crippen molar-refractivity contribution in [2.45, 2.75) is 38.4 Å². The van der Waals surface area contributed by atoms with Crippen LogP contribution in [0.15, 0.2) is 18.2 Å². The van der Waals surface area contributed by atoms with Gasteiger partial charge >= 0.3 is 6.18 Å². The zero-order valence-electron chi connectivity index (χ0n) is 12.2. The largest absolute Gasteiger partial charge is 0.416 e. The highest BCUT2D eigenvalue weighted by Gasteiger charge is 2.33. The van der Waals surface area contributed by atoms with Crippen LogP contribution in [0.1, 0.15) is 32.3 Å². The molecule has 1 saturated heterocycles. The van der Waals surface area contributed by atoms with Crippen LogP contribution in [-0.4, -0.2) is 25.2 Å². The van der Waals surface area contributed by atoms with Crippen LogP contribution >= 0.6 is 11.6 Å².